The van der Waals surface area contributed by atoms with Gasteiger partial charge in [0.1, 0.15) is 6.10 Å². The van der Waals surface area contributed by atoms with Crippen molar-refractivity contribution in [2.45, 2.75) is 24.7 Å². The highest BCUT2D eigenvalue weighted by molar-refractivity contribution is 7.80. The minimum Gasteiger partial charge on any atom is -0.726 e. The lowest BCUT2D eigenvalue weighted by atomic mass is 10.0. The summed E-state index contributed by atoms with van der Waals surface area (Å²) in [6.45, 7) is -0.362. The molecule has 9 heteroatoms. The molecule has 0 radical (unpaired) electrons. The largest absolute Gasteiger partial charge is 0.726 e. The third-order valence-corrected chi connectivity index (χ3v) is 2.61. The molecule has 16 heavy (non-hydrogen) atoms. The van der Waals surface area contributed by atoms with Gasteiger partial charge in [-0.3, -0.25) is 4.18 Å². The fourth-order valence-electron chi connectivity index (χ4n) is 1.40. The van der Waals surface area contributed by atoms with E-state index in [1.165, 1.54) is 7.11 Å². The molecule has 0 aromatic carbocycles. The molecule has 8 nitrogen and oxygen atoms in total. The first-order chi connectivity index (χ1) is 7.33. The topological polar surface area (TPSA) is 125 Å². The summed E-state index contributed by atoms with van der Waals surface area (Å²) in [4.78, 5) is 10.5. The highest BCUT2D eigenvalue weighted by Gasteiger charge is 2.34. The maximum atomic E-state index is 10.5. The molecular formula is C7H10O8S-2. The summed E-state index contributed by atoms with van der Waals surface area (Å²) in [5, 5.41) is 10.5. The zero-order valence-electron chi connectivity index (χ0n) is 8.32. The molecule has 1 aliphatic rings. The van der Waals surface area contributed by atoms with Crippen LogP contribution in [-0.2, 0) is 28.9 Å². The van der Waals surface area contributed by atoms with Gasteiger partial charge in [0, 0.05) is 13.5 Å². The molecule has 94 valence electrons. The predicted octanol–water partition coefficient (Wildman–Crippen LogP) is -2.61. The molecule has 0 aromatic rings. The fourth-order valence-corrected chi connectivity index (χ4v) is 1.88. The van der Waals surface area contributed by atoms with E-state index in [9.17, 15) is 22.9 Å². The summed E-state index contributed by atoms with van der Waals surface area (Å²) in [6, 6.07) is 0. The number of aliphatic carboxylic acids is 1. The molecule has 1 fully saturated rings. The van der Waals surface area contributed by atoms with Crippen molar-refractivity contribution in [3.05, 3.63) is 0 Å². The average molecular weight is 254 g/mol. The zero-order valence-corrected chi connectivity index (χ0v) is 9.14. The van der Waals surface area contributed by atoms with Crippen molar-refractivity contribution in [3.8, 4) is 0 Å². The number of carboxylic acids is 1. The van der Waals surface area contributed by atoms with E-state index >= 15 is 0 Å². The number of hydrogen-bond acceptors (Lipinski definition) is 8. The van der Waals surface area contributed by atoms with Gasteiger partial charge in [0.05, 0.1) is 24.8 Å². The number of rotatable bonds is 4. The quantitative estimate of drug-likeness (QED) is 0.394. The molecule has 1 rings (SSSR count). The molecule has 0 N–H and O–H groups in total. The average Bonchev–Trinajstić information content (AvgIpc) is 2.15. The Morgan fingerprint density at radius 2 is 2.06 bits per heavy atom. The molecule has 1 heterocycles. The SMILES string of the molecule is CO[C@H]1CC(C(=O)[O-])OCC1OS(=O)(=O)[O-]. The van der Waals surface area contributed by atoms with Crippen molar-refractivity contribution < 1.29 is 36.5 Å². The first-order valence-corrected chi connectivity index (χ1v) is 5.66. The maximum Gasteiger partial charge on any atom is 0.218 e. The van der Waals surface area contributed by atoms with Gasteiger partial charge in [-0.15, -0.1) is 0 Å². The van der Waals surface area contributed by atoms with E-state index in [-0.39, 0.29) is 13.0 Å². The van der Waals surface area contributed by atoms with Gasteiger partial charge in [-0.2, -0.15) is 0 Å². The Labute approximate surface area is 92.1 Å². The van der Waals surface area contributed by atoms with Crippen molar-refractivity contribution in [3.63, 3.8) is 0 Å². The molecule has 0 saturated carbocycles. The van der Waals surface area contributed by atoms with Crippen molar-refractivity contribution in [2.75, 3.05) is 13.7 Å². The molecule has 0 amide bonds. The number of ether oxygens (including phenoxy) is 2. The van der Waals surface area contributed by atoms with Gasteiger partial charge >= 0.3 is 0 Å². The molecule has 0 aliphatic carbocycles. The molecule has 2 unspecified atom stereocenters. The van der Waals surface area contributed by atoms with Gasteiger partial charge in [0.25, 0.3) is 0 Å². The van der Waals surface area contributed by atoms with Gasteiger partial charge in [0.2, 0.25) is 10.4 Å². The monoisotopic (exact) mass is 254 g/mol. The second-order valence-electron chi connectivity index (χ2n) is 3.19. The number of carboxylic acid groups (broad SMARTS) is 1. The van der Waals surface area contributed by atoms with Crippen LogP contribution in [0.1, 0.15) is 6.42 Å². The van der Waals surface area contributed by atoms with E-state index in [1.54, 1.807) is 0 Å². The number of carbonyl (C=O) groups is 1. The molecule has 3 atom stereocenters. The van der Waals surface area contributed by atoms with Crippen LogP contribution in [0.4, 0.5) is 0 Å². The Morgan fingerprint density at radius 3 is 2.50 bits per heavy atom. The van der Waals surface area contributed by atoms with Crippen LogP contribution in [0.15, 0.2) is 0 Å². The molecule has 1 saturated heterocycles. The summed E-state index contributed by atoms with van der Waals surface area (Å²) in [7, 11) is -3.63. The summed E-state index contributed by atoms with van der Waals surface area (Å²) >= 11 is 0. The summed E-state index contributed by atoms with van der Waals surface area (Å²) < 4.78 is 44.8. The normalized spacial score (nSPS) is 31.2. The Hall–Kier alpha value is -0.740. The summed E-state index contributed by atoms with van der Waals surface area (Å²) in [5.41, 5.74) is 0. The Bertz CT molecular complexity index is 349. The minimum atomic E-state index is -4.88. The highest BCUT2D eigenvalue weighted by Crippen LogP contribution is 2.20. The van der Waals surface area contributed by atoms with E-state index in [1.807, 2.05) is 0 Å². The predicted molar refractivity (Wildman–Crippen MR) is 44.7 cm³/mol. The highest BCUT2D eigenvalue weighted by atomic mass is 32.3. The van der Waals surface area contributed by atoms with E-state index in [4.69, 9.17) is 9.47 Å². The van der Waals surface area contributed by atoms with Gasteiger partial charge in [-0.1, -0.05) is 0 Å². The number of methoxy groups -OCH3 is 1. The number of carbonyl (C=O) groups excluding carboxylic acids is 1. The van der Waals surface area contributed by atoms with Crippen molar-refractivity contribution in [1.82, 2.24) is 0 Å². The second-order valence-corrected chi connectivity index (χ2v) is 4.20. The Balaban J connectivity index is 2.65. The summed E-state index contributed by atoms with van der Waals surface area (Å²) in [5.74, 6) is -1.43. The van der Waals surface area contributed by atoms with Crippen molar-refractivity contribution in [2.24, 2.45) is 0 Å². The van der Waals surface area contributed by atoms with Crippen LogP contribution in [0.3, 0.4) is 0 Å². The van der Waals surface area contributed by atoms with Gasteiger partial charge in [-0.05, 0) is 0 Å². The first-order valence-electron chi connectivity index (χ1n) is 4.33. The van der Waals surface area contributed by atoms with Crippen molar-refractivity contribution >= 4 is 16.4 Å². The molecule has 0 aromatic heterocycles. The van der Waals surface area contributed by atoms with Gasteiger partial charge < -0.3 is 23.9 Å². The minimum absolute atomic E-state index is 0.140. The van der Waals surface area contributed by atoms with Crippen LogP contribution in [0.2, 0.25) is 0 Å². The second kappa shape index (κ2) is 5.06. The van der Waals surface area contributed by atoms with Crippen LogP contribution < -0.4 is 5.11 Å². The van der Waals surface area contributed by atoms with Gasteiger partial charge in [0.15, 0.2) is 0 Å². The van der Waals surface area contributed by atoms with Crippen LogP contribution in [0.25, 0.3) is 0 Å². The number of hydrogen-bond donors (Lipinski definition) is 0. The maximum absolute atomic E-state index is 10.5. The fraction of sp³-hybridized carbons (Fsp3) is 0.857. The molecule has 1 aliphatic heterocycles. The van der Waals surface area contributed by atoms with E-state index in [0.717, 1.165) is 0 Å². The van der Waals surface area contributed by atoms with Gasteiger partial charge in [-0.25, -0.2) is 8.42 Å². The molecule has 0 bridgehead atoms. The van der Waals surface area contributed by atoms with Crippen LogP contribution in [-0.4, -0.2) is 51.0 Å². The summed E-state index contributed by atoms with van der Waals surface area (Å²) in [6.07, 6.45) is -3.32. The van der Waals surface area contributed by atoms with Crippen molar-refractivity contribution in [1.29, 1.82) is 0 Å². The zero-order chi connectivity index (χ0) is 12.3. The first kappa shape index (κ1) is 13.3. The lowest BCUT2D eigenvalue weighted by Gasteiger charge is -2.35. The van der Waals surface area contributed by atoms with Crippen LogP contribution in [0, 0.1) is 0 Å². The lowest BCUT2D eigenvalue weighted by Crippen LogP contribution is -2.50. The Kier molecular flexibility index (Phi) is 4.21. The van der Waals surface area contributed by atoms with Crippen LogP contribution >= 0.6 is 0 Å². The molecular weight excluding hydrogens is 244 g/mol. The lowest BCUT2D eigenvalue weighted by molar-refractivity contribution is -0.321. The third kappa shape index (κ3) is 3.68. The van der Waals surface area contributed by atoms with E-state index in [0.29, 0.717) is 0 Å². The van der Waals surface area contributed by atoms with E-state index < -0.39 is 34.7 Å². The Morgan fingerprint density at radius 1 is 1.44 bits per heavy atom. The smallest absolute Gasteiger partial charge is 0.218 e. The van der Waals surface area contributed by atoms with Crippen LogP contribution in [0.5, 0.6) is 0 Å². The third-order valence-electron chi connectivity index (χ3n) is 2.13. The van der Waals surface area contributed by atoms with E-state index in [2.05, 4.69) is 4.18 Å². The molecule has 0 spiro atoms. The standard InChI is InChI=1S/C7H12O8S/c1-13-4-2-5(7(8)9)14-3-6(4)15-16(10,11)12/h4-6H,2-3H2,1H3,(H,8,9)(H,10,11,12)/p-2/t4-,5?,6?/m0/s1.